The molecule has 0 N–H and O–H groups in total. The molecule has 1 nitrogen and oxygen atoms in total. The van der Waals surface area contributed by atoms with E-state index >= 15 is 0 Å². The van der Waals surface area contributed by atoms with Gasteiger partial charge in [0, 0.05) is 9.80 Å². The third-order valence-corrected chi connectivity index (χ3v) is 3.51. The lowest BCUT2D eigenvalue weighted by molar-refractivity contribution is 0.305. The molecule has 0 spiro atoms. The summed E-state index contributed by atoms with van der Waals surface area (Å²) in [4.78, 5) is 0. The van der Waals surface area contributed by atoms with Gasteiger partial charge in [0.05, 0.1) is 0 Å². The number of hydrogen-bond donors (Lipinski definition) is 0. The lowest BCUT2D eigenvalue weighted by Gasteiger charge is -2.07. The summed E-state index contributed by atoms with van der Waals surface area (Å²) in [5, 5.41) is 0.824. The van der Waals surface area contributed by atoms with Crippen LogP contribution in [0.1, 0.15) is 11.1 Å². The Morgan fingerprint density at radius 1 is 1.00 bits per heavy atom. The topological polar surface area (TPSA) is 9.23 Å². The smallest absolute Gasteiger partial charge is 0.124 e. The molecule has 2 aromatic carbocycles. The summed E-state index contributed by atoms with van der Waals surface area (Å²) in [6.45, 7) is 0.351. The van der Waals surface area contributed by atoms with Crippen molar-refractivity contribution in [2.24, 2.45) is 0 Å². The highest BCUT2D eigenvalue weighted by atomic mass is 79.9. The van der Waals surface area contributed by atoms with Gasteiger partial charge in [-0.15, -0.1) is 0 Å². The highest BCUT2D eigenvalue weighted by molar-refractivity contribution is 9.10. The quantitative estimate of drug-likeness (QED) is 0.680. The summed E-state index contributed by atoms with van der Waals surface area (Å²) in [7, 11) is 0. The zero-order valence-electron chi connectivity index (χ0n) is 9.50. The molecule has 2 aromatic rings. The van der Waals surface area contributed by atoms with E-state index in [4.69, 9.17) is 4.74 Å². The molecule has 0 unspecified atom stereocenters. The van der Waals surface area contributed by atoms with Crippen LogP contribution in [-0.4, -0.2) is 0 Å². The van der Waals surface area contributed by atoms with Crippen molar-refractivity contribution in [3.63, 3.8) is 0 Å². The fraction of sp³-hybridized carbons (Fsp3) is 0.143. The molecule has 4 heteroatoms. The van der Waals surface area contributed by atoms with Crippen molar-refractivity contribution in [3.05, 3.63) is 63.9 Å². The molecule has 0 heterocycles. The predicted octanol–water partition coefficient (Wildman–Crippen LogP) is 5.06. The first kappa shape index (κ1) is 13.6. The van der Waals surface area contributed by atoms with Gasteiger partial charge >= 0.3 is 0 Å². The first-order valence-corrected chi connectivity index (χ1v) is 7.31. The lowest BCUT2D eigenvalue weighted by Crippen LogP contribution is -1.96. The van der Waals surface area contributed by atoms with Crippen LogP contribution in [0, 0.1) is 5.82 Å². The average Bonchev–Trinajstić information content (AvgIpc) is 2.36. The number of ether oxygens (including phenoxy) is 1. The molecule has 0 aliphatic carbocycles. The largest absolute Gasteiger partial charge is 0.489 e. The predicted molar refractivity (Wildman–Crippen MR) is 77.5 cm³/mol. The fourth-order valence-electron chi connectivity index (χ4n) is 1.54. The molecule has 0 amide bonds. The van der Waals surface area contributed by atoms with Crippen LogP contribution < -0.4 is 4.74 Å². The van der Waals surface area contributed by atoms with E-state index in [0.29, 0.717) is 6.61 Å². The summed E-state index contributed by atoms with van der Waals surface area (Å²) >= 11 is 6.64. The van der Waals surface area contributed by atoms with Gasteiger partial charge in [0.1, 0.15) is 18.2 Å². The van der Waals surface area contributed by atoms with Gasteiger partial charge in [-0.1, -0.05) is 44.0 Å². The van der Waals surface area contributed by atoms with Gasteiger partial charge in [-0.2, -0.15) is 0 Å². The van der Waals surface area contributed by atoms with Gasteiger partial charge in [-0.05, 0) is 41.5 Å². The van der Waals surface area contributed by atoms with E-state index in [0.717, 1.165) is 21.1 Å². The second-order valence-corrected chi connectivity index (χ2v) is 5.32. The van der Waals surface area contributed by atoms with E-state index in [9.17, 15) is 4.39 Å². The van der Waals surface area contributed by atoms with Gasteiger partial charge in [-0.3, -0.25) is 0 Å². The monoisotopic (exact) mass is 372 g/mol. The van der Waals surface area contributed by atoms with Crippen LogP contribution in [0.5, 0.6) is 5.75 Å². The highest BCUT2D eigenvalue weighted by Gasteiger charge is 2.01. The van der Waals surface area contributed by atoms with Crippen LogP contribution in [0.4, 0.5) is 4.39 Å². The maximum atomic E-state index is 13.2. The minimum absolute atomic E-state index is 0.266. The van der Waals surface area contributed by atoms with Crippen molar-refractivity contribution < 1.29 is 9.13 Å². The zero-order chi connectivity index (χ0) is 13.0. The first-order chi connectivity index (χ1) is 8.67. The van der Waals surface area contributed by atoms with Crippen molar-refractivity contribution >= 4 is 31.9 Å². The van der Waals surface area contributed by atoms with Gasteiger partial charge in [0.2, 0.25) is 0 Å². The SMILES string of the molecule is Fc1cc(Br)cc(COc2ccc(CBr)cc2)c1. The molecule has 0 fully saturated rings. The Labute approximate surface area is 122 Å². The molecule has 0 bridgehead atoms. The average molecular weight is 374 g/mol. The Bertz CT molecular complexity index is 506. The van der Waals surface area contributed by atoms with Crippen LogP contribution in [0.25, 0.3) is 0 Å². The molecule has 0 aliphatic heterocycles. The van der Waals surface area contributed by atoms with E-state index in [1.165, 1.54) is 17.7 Å². The number of alkyl halides is 1. The number of hydrogen-bond acceptors (Lipinski definition) is 1. The molecule has 0 atom stereocenters. The highest BCUT2D eigenvalue weighted by Crippen LogP contribution is 2.18. The maximum Gasteiger partial charge on any atom is 0.124 e. The number of halogens is 3. The van der Waals surface area contributed by atoms with E-state index in [2.05, 4.69) is 31.9 Å². The maximum absolute atomic E-state index is 13.2. The van der Waals surface area contributed by atoms with Gasteiger partial charge in [0.15, 0.2) is 0 Å². The zero-order valence-corrected chi connectivity index (χ0v) is 12.7. The van der Waals surface area contributed by atoms with Crippen LogP contribution in [0.2, 0.25) is 0 Å². The van der Waals surface area contributed by atoms with Crippen molar-refractivity contribution in [1.29, 1.82) is 0 Å². The molecule has 0 saturated heterocycles. The van der Waals surface area contributed by atoms with E-state index in [-0.39, 0.29) is 5.82 Å². The molecule has 2 rings (SSSR count). The Hall–Kier alpha value is -0.870. The number of rotatable bonds is 4. The molecule has 0 saturated carbocycles. The van der Waals surface area contributed by atoms with E-state index < -0.39 is 0 Å². The van der Waals surface area contributed by atoms with Crippen LogP contribution >= 0.6 is 31.9 Å². The fourth-order valence-corrected chi connectivity index (χ4v) is 2.42. The Morgan fingerprint density at radius 2 is 1.72 bits per heavy atom. The second-order valence-electron chi connectivity index (χ2n) is 3.84. The Kier molecular flexibility index (Phi) is 4.78. The molecule has 0 aromatic heterocycles. The standard InChI is InChI=1S/C14H11Br2FO/c15-8-10-1-3-14(4-2-10)18-9-11-5-12(16)7-13(17)6-11/h1-7H,8-9H2. The molecule has 0 aliphatic rings. The lowest BCUT2D eigenvalue weighted by atomic mass is 10.2. The first-order valence-electron chi connectivity index (χ1n) is 5.40. The van der Waals surface area contributed by atoms with Gasteiger partial charge < -0.3 is 4.74 Å². The normalized spacial score (nSPS) is 10.4. The molecule has 0 radical (unpaired) electrons. The third kappa shape index (κ3) is 3.82. The summed E-state index contributed by atoms with van der Waals surface area (Å²) in [5.41, 5.74) is 1.99. The van der Waals surface area contributed by atoms with Crippen molar-refractivity contribution in [1.82, 2.24) is 0 Å². The molecular formula is C14H11Br2FO. The summed E-state index contributed by atoms with van der Waals surface area (Å²) in [5.74, 6) is 0.512. The van der Waals surface area contributed by atoms with Gasteiger partial charge in [0.25, 0.3) is 0 Å². The summed E-state index contributed by atoms with van der Waals surface area (Å²) in [6, 6.07) is 12.5. The van der Waals surface area contributed by atoms with E-state index in [1.807, 2.05) is 30.3 Å². The van der Waals surface area contributed by atoms with Crippen molar-refractivity contribution in [2.75, 3.05) is 0 Å². The van der Waals surface area contributed by atoms with Gasteiger partial charge in [-0.25, -0.2) is 4.39 Å². The van der Waals surface area contributed by atoms with Crippen LogP contribution in [0.3, 0.4) is 0 Å². The Morgan fingerprint density at radius 3 is 2.33 bits per heavy atom. The second kappa shape index (κ2) is 6.34. The molecule has 94 valence electrons. The van der Waals surface area contributed by atoms with Crippen LogP contribution in [0.15, 0.2) is 46.9 Å². The minimum atomic E-state index is -0.266. The third-order valence-electron chi connectivity index (χ3n) is 2.41. The van der Waals surface area contributed by atoms with Crippen molar-refractivity contribution in [3.8, 4) is 5.75 Å². The Balaban J connectivity index is 2.01. The number of benzene rings is 2. The van der Waals surface area contributed by atoms with E-state index in [1.54, 1.807) is 0 Å². The molecule has 18 heavy (non-hydrogen) atoms. The van der Waals surface area contributed by atoms with Crippen molar-refractivity contribution in [2.45, 2.75) is 11.9 Å². The van der Waals surface area contributed by atoms with Crippen LogP contribution in [-0.2, 0) is 11.9 Å². The summed E-state index contributed by atoms with van der Waals surface area (Å²) in [6.07, 6.45) is 0. The molecular weight excluding hydrogens is 363 g/mol. The summed E-state index contributed by atoms with van der Waals surface area (Å²) < 4.78 is 19.5. The minimum Gasteiger partial charge on any atom is -0.489 e.